The summed E-state index contributed by atoms with van der Waals surface area (Å²) in [7, 11) is 0. The molecule has 0 bridgehead atoms. The van der Waals surface area contributed by atoms with E-state index in [0.717, 1.165) is 0 Å². The Morgan fingerprint density at radius 3 is 2.00 bits per heavy atom. The average Bonchev–Trinajstić information content (AvgIpc) is 2.17. The molecule has 0 amide bonds. The normalized spacial score (nSPS) is 9.11. The highest BCUT2D eigenvalue weighted by atomic mass is 19.4. The molecule has 0 aromatic heterocycles. The second-order valence-electron chi connectivity index (χ2n) is 2.70. The molecule has 0 aliphatic heterocycles. The van der Waals surface area contributed by atoms with Gasteiger partial charge in [-0.3, -0.25) is 4.79 Å². The second-order valence-corrected chi connectivity index (χ2v) is 2.70. The predicted molar refractivity (Wildman–Crippen MR) is 51.9 cm³/mol. The molecular formula is C8H9F3N4O3. The first-order chi connectivity index (χ1) is 8.20. The number of carbonyl (C=O) groups excluding carboxylic acids is 1. The maximum atomic E-state index is 11.8. The van der Waals surface area contributed by atoms with Gasteiger partial charge >= 0.3 is 24.1 Å². The van der Waals surface area contributed by atoms with Crippen molar-refractivity contribution in [3.63, 3.8) is 0 Å². The van der Waals surface area contributed by atoms with E-state index < -0.39 is 23.6 Å². The van der Waals surface area contributed by atoms with E-state index in [4.69, 9.17) is 16.2 Å². The fourth-order valence-corrected chi connectivity index (χ4v) is 0.665. The molecule has 0 aliphatic rings. The van der Waals surface area contributed by atoms with Crippen molar-refractivity contribution in [1.29, 1.82) is 0 Å². The minimum Gasteiger partial charge on any atom is -0.473 e. The number of hydrogen-bond donors (Lipinski definition) is 1. The lowest BCUT2D eigenvalue weighted by atomic mass is 10.1. The van der Waals surface area contributed by atoms with Gasteiger partial charge in [-0.25, -0.2) is 4.79 Å². The van der Waals surface area contributed by atoms with Crippen molar-refractivity contribution < 1.29 is 37.4 Å². The van der Waals surface area contributed by atoms with Crippen molar-refractivity contribution in [3.8, 4) is 0 Å². The molecular weight excluding hydrogens is 257 g/mol. The fraction of sp³-hybridized carbons (Fsp3) is 0.500. The Bertz CT molecular complexity index is 406. The average molecular weight is 266 g/mol. The van der Waals surface area contributed by atoms with Gasteiger partial charge in [-0.15, -0.1) is 0 Å². The van der Waals surface area contributed by atoms with Crippen LogP contribution in [0.1, 0.15) is 19.8 Å². The highest BCUT2D eigenvalue weighted by Gasteiger charge is 2.48. The highest BCUT2D eigenvalue weighted by molar-refractivity contribution is 6.39. The lowest BCUT2D eigenvalue weighted by molar-refractivity contribution is -0.136. The minimum atomic E-state index is -4.86. The third-order valence-corrected chi connectivity index (χ3v) is 1.28. The molecule has 0 aromatic rings. The molecule has 0 aliphatic carbocycles. The van der Waals surface area contributed by atoms with Crippen LogP contribution in [0.4, 0.5) is 13.2 Å². The molecule has 0 fully saturated rings. The number of Topliss-reactive ketones (excluding diaryl/α,β-unsaturated/α-hetero) is 1. The van der Waals surface area contributed by atoms with E-state index in [1.807, 2.05) is 4.79 Å². The molecule has 0 saturated carbocycles. The topological polar surface area (TPSA) is 127 Å². The van der Waals surface area contributed by atoms with Gasteiger partial charge < -0.3 is 16.2 Å². The van der Waals surface area contributed by atoms with Crippen LogP contribution in [0.3, 0.4) is 0 Å². The van der Waals surface area contributed by atoms with Crippen LogP contribution in [0.25, 0.3) is 11.1 Å². The smallest absolute Gasteiger partial charge is 0.473 e. The van der Waals surface area contributed by atoms with Crippen LogP contribution >= 0.6 is 0 Å². The van der Waals surface area contributed by atoms with E-state index in [1.54, 1.807) is 6.92 Å². The van der Waals surface area contributed by atoms with Gasteiger partial charge in [-0.05, 0) is 6.42 Å². The quantitative estimate of drug-likeness (QED) is 0.462. The van der Waals surface area contributed by atoms with Crippen LogP contribution < -0.4 is 0 Å². The van der Waals surface area contributed by atoms with E-state index in [1.165, 1.54) is 0 Å². The molecule has 0 aromatic carbocycles. The third kappa shape index (κ3) is 8.96. The first kappa shape index (κ1) is 18.1. The summed E-state index contributed by atoms with van der Waals surface area (Å²) in [6.45, 7) is 1.56. The van der Waals surface area contributed by atoms with Crippen molar-refractivity contribution in [3.05, 3.63) is 11.1 Å². The zero-order valence-electron chi connectivity index (χ0n) is 9.18. The molecule has 0 atom stereocenters. The van der Waals surface area contributed by atoms with Crippen molar-refractivity contribution in [1.82, 2.24) is 0 Å². The van der Waals surface area contributed by atoms with Crippen LogP contribution in [0, 0.1) is 0 Å². The molecule has 7 nitrogen and oxygen atoms in total. The zero-order chi connectivity index (χ0) is 14.8. The Hall–Kier alpha value is -2.31. The maximum Gasteiger partial charge on any atom is 0.498 e. The first-order valence-corrected chi connectivity index (χ1v) is 4.43. The van der Waals surface area contributed by atoms with Gasteiger partial charge in [0.25, 0.3) is 0 Å². The molecule has 0 spiro atoms. The van der Waals surface area contributed by atoms with Gasteiger partial charge in [0.1, 0.15) is 0 Å². The number of hydrogen-bond acceptors (Lipinski definition) is 2. The Kier molecular flexibility index (Phi) is 8.83. The number of alkyl halides is 3. The van der Waals surface area contributed by atoms with Crippen molar-refractivity contribution in [2.45, 2.75) is 25.9 Å². The van der Waals surface area contributed by atoms with E-state index in [9.17, 15) is 22.8 Å². The summed E-state index contributed by atoms with van der Waals surface area (Å²) in [5, 5.41) is 7.60. The van der Waals surface area contributed by atoms with E-state index in [-0.39, 0.29) is 12.8 Å². The number of nitrogens with zero attached hydrogens (tertiary/aromatic N) is 4. The zero-order valence-corrected chi connectivity index (χ0v) is 9.18. The molecule has 10 heteroatoms. The Morgan fingerprint density at radius 2 is 1.83 bits per heavy atom. The Labute approximate surface area is 99.1 Å². The molecule has 0 unspecified atom stereocenters. The van der Waals surface area contributed by atoms with Gasteiger partial charge in [0.15, 0.2) is 0 Å². The molecule has 100 valence electrons. The minimum absolute atomic E-state index is 0.265. The van der Waals surface area contributed by atoms with E-state index >= 15 is 0 Å². The van der Waals surface area contributed by atoms with Crippen LogP contribution in [0.2, 0.25) is 0 Å². The Morgan fingerprint density at radius 1 is 1.33 bits per heavy atom. The largest absolute Gasteiger partial charge is 0.498 e. The summed E-state index contributed by atoms with van der Waals surface area (Å²) >= 11 is 0. The van der Waals surface area contributed by atoms with Crippen molar-refractivity contribution in [2.24, 2.45) is 0 Å². The van der Waals surface area contributed by atoms with E-state index in [0.29, 0.717) is 6.21 Å². The molecule has 0 saturated heterocycles. The van der Waals surface area contributed by atoms with Gasteiger partial charge in [-0.1, -0.05) is 6.92 Å². The molecule has 1 N–H and O–H groups in total. The summed E-state index contributed by atoms with van der Waals surface area (Å²) < 4.78 is 35.3. The first-order valence-electron chi connectivity index (χ1n) is 4.43. The number of halogens is 3. The van der Waals surface area contributed by atoms with Gasteiger partial charge in [-0.2, -0.15) is 22.8 Å². The molecule has 0 rings (SSSR count). The standard InChI is InChI=1S/C6H7F3N2O.C2H2N2O2/c1-2-3-4(12)5(11-10)6(7,8)9;3-4-1-2(5)6/h2-3H2,1H3;1H,(H,5,6). The number of carbonyl (C=O) groups is 2. The predicted octanol–water partition coefficient (Wildman–Crippen LogP) is 0.960. The summed E-state index contributed by atoms with van der Waals surface area (Å²) in [4.78, 5) is 24.0. The number of ketones is 1. The van der Waals surface area contributed by atoms with E-state index in [2.05, 4.69) is 4.79 Å². The van der Waals surface area contributed by atoms with Crippen LogP contribution in [0.5, 0.6) is 0 Å². The highest BCUT2D eigenvalue weighted by Crippen LogP contribution is 2.17. The van der Waals surface area contributed by atoms with Crippen molar-refractivity contribution in [2.75, 3.05) is 0 Å². The van der Waals surface area contributed by atoms with Gasteiger partial charge in [0, 0.05) is 6.42 Å². The van der Waals surface area contributed by atoms with Crippen LogP contribution in [-0.4, -0.2) is 44.5 Å². The molecule has 0 heterocycles. The van der Waals surface area contributed by atoms with Crippen LogP contribution in [0.15, 0.2) is 0 Å². The maximum absolute atomic E-state index is 11.8. The molecule has 18 heavy (non-hydrogen) atoms. The Balaban J connectivity index is 0. The van der Waals surface area contributed by atoms with Crippen molar-refractivity contribution >= 4 is 23.7 Å². The lowest BCUT2D eigenvalue weighted by Gasteiger charge is -1.97. The number of carboxylic acid groups (broad SMARTS) is 1. The fourth-order valence-electron chi connectivity index (χ4n) is 0.665. The lowest BCUT2D eigenvalue weighted by Crippen LogP contribution is -2.31. The summed E-state index contributed by atoms with van der Waals surface area (Å²) in [6, 6.07) is 0. The number of rotatable bonds is 4. The summed E-state index contributed by atoms with van der Waals surface area (Å²) in [6.07, 6.45) is -4.45. The van der Waals surface area contributed by atoms with Gasteiger partial charge in [0.2, 0.25) is 5.78 Å². The van der Waals surface area contributed by atoms with Crippen LogP contribution in [-0.2, 0) is 9.59 Å². The summed E-state index contributed by atoms with van der Waals surface area (Å²) in [5.74, 6) is -2.44. The SMILES string of the molecule is CCCC(=O)C(=[N+]=[N-])C(F)(F)F.[N-]=[N+]=CC(=O)O. The monoisotopic (exact) mass is 266 g/mol. The summed E-state index contributed by atoms with van der Waals surface area (Å²) in [5.41, 5.74) is 13.6. The molecule has 0 radical (unpaired) electrons. The number of aliphatic carboxylic acids is 1. The second kappa shape index (κ2) is 8.80. The van der Waals surface area contributed by atoms with Gasteiger partial charge in [0.05, 0.1) is 0 Å². The third-order valence-electron chi connectivity index (χ3n) is 1.28. The number of carboxylic acids is 1.